The largest absolute Gasteiger partial charge is 0.340 e. The molecule has 2 aliphatic rings. The zero-order chi connectivity index (χ0) is 21.6. The van der Waals surface area contributed by atoms with E-state index in [0.717, 1.165) is 25.0 Å². The second-order valence-electron chi connectivity index (χ2n) is 8.62. The highest BCUT2D eigenvalue weighted by molar-refractivity contribution is 5.95. The minimum Gasteiger partial charge on any atom is -0.340 e. The van der Waals surface area contributed by atoms with Gasteiger partial charge in [-0.15, -0.1) is 6.42 Å². The van der Waals surface area contributed by atoms with Crippen LogP contribution in [0.1, 0.15) is 48.8 Å². The van der Waals surface area contributed by atoms with Crippen LogP contribution in [0.25, 0.3) is 0 Å². The van der Waals surface area contributed by atoms with Gasteiger partial charge in [0.05, 0.1) is 0 Å². The van der Waals surface area contributed by atoms with Crippen LogP contribution in [0.4, 0.5) is 0 Å². The van der Waals surface area contributed by atoms with Crippen molar-refractivity contribution in [2.24, 2.45) is 5.92 Å². The Kier molecular flexibility index (Phi) is 6.66. The first-order chi connectivity index (χ1) is 15.2. The van der Waals surface area contributed by atoms with E-state index in [1.54, 1.807) is 11.1 Å². The lowest BCUT2D eigenvalue weighted by Gasteiger charge is -2.37. The Bertz CT molecular complexity index is 934. The quantitative estimate of drug-likeness (QED) is 0.651. The fraction of sp³-hybridized carbons (Fsp3) is 0.423. The van der Waals surface area contributed by atoms with E-state index in [9.17, 15) is 9.59 Å². The van der Waals surface area contributed by atoms with E-state index in [0.29, 0.717) is 25.6 Å². The van der Waals surface area contributed by atoms with Gasteiger partial charge >= 0.3 is 0 Å². The van der Waals surface area contributed by atoms with E-state index < -0.39 is 5.91 Å². The van der Waals surface area contributed by atoms with Crippen molar-refractivity contribution in [3.05, 3.63) is 66.0 Å². The SMILES string of the molecule is C#CC(=O)N(CC(=O)N1CCC(c2ccccn2)C1)CC(c1ccccc1)C1CCC1. The number of benzene rings is 1. The van der Waals surface area contributed by atoms with Gasteiger partial charge in [-0.1, -0.05) is 42.8 Å². The highest BCUT2D eigenvalue weighted by atomic mass is 16.2. The number of aromatic nitrogens is 1. The van der Waals surface area contributed by atoms with Crippen molar-refractivity contribution < 1.29 is 9.59 Å². The number of pyridine rings is 1. The van der Waals surface area contributed by atoms with Crippen LogP contribution in [-0.2, 0) is 9.59 Å². The molecule has 1 saturated carbocycles. The Labute approximate surface area is 184 Å². The summed E-state index contributed by atoms with van der Waals surface area (Å²) in [5.41, 5.74) is 2.23. The zero-order valence-electron chi connectivity index (χ0n) is 17.8. The molecule has 31 heavy (non-hydrogen) atoms. The first-order valence-corrected chi connectivity index (χ1v) is 11.1. The van der Waals surface area contributed by atoms with E-state index >= 15 is 0 Å². The maximum Gasteiger partial charge on any atom is 0.298 e. The third-order valence-electron chi connectivity index (χ3n) is 6.75. The van der Waals surface area contributed by atoms with Gasteiger partial charge in [0.1, 0.15) is 6.54 Å². The van der Waals surface area contributed by atoms with Crippen LogP contribution in [0, 0.1) is 18.3 Å². The van der Waals surface area contributed by atoms with Crippen molar-refractivity contribution in [1.29, 1.82) is 0 Å². The molecule has 2 heterocycles. The average Bonchev–Trinajstić information content (AvgIpc) is 3.28. The normalized spacial score (nSPS) is 19.3. The molecular formula is C26H29N3O2. The Hall–Kier alpha value is -3.13. The molecule has 5 nitrogen and oxygen atoms in total. The Morgan fingerprint density at radius 1 is 1.13 bits per heavy atom. The van der Waals surface area contributed by atoms with Gasteiger partial charge in [-0.05, 0) is 48.8 Å². The van der Waals surface area contributed by atoms with Crippen LogP contribution in [-0.4, -0.2) is 52.8 Å². The van der Waals surface area contributed by atoms with Crippen molar-refractivity contribution in [1.82, 2.24) is 14.8 Å². The van der Waals surface area contributed by atoms with Gasteiger partial charge in [-0.2, -0.15) is 0 Å². The number of rotatable bonds is 7. The Balaban J connectivity index is 1.44. The van der Waals surface area contributed by atoms with Gasteiger partial charge in [0.25, 0.3) is 5.91 Å². The summed E-state index contributed by atoms with van der Waals surface area (Å²) in [6.45, 7) is 1.84. The monoisotopic (exact) mass is 415 g/mol. The molecule has 0 bridgehead atoms. The fourth-order valence-electron chi connectivity index (χ4n) is 4.73. The molecule has 0 N–H and O–H groups in total. The fourth-order valence-corrected chi connectivity index (χ4v) is 4.73. The summed E-state index contributed by atoms with van der Waals surface area (Å²) < 4.78 is 0. The molecule has 1 aromatic carbocycles. The zero-order valence-corrected chi connectivity index (χ0v) is 17.8. The second-order valence-corrected chi connectivity index (χ2v) is 8.62. The smallest absolute Gasteiger partial charge is 0.298 e. The van der Waals surface area contributed by atoms with Crippen molar-refractivity contribution >= 4 is 11.8 Å². The first-order valence-electron chi connectivity index (χ1n) is 11.1. The minimum atomic E-state index is -0.408. The molecule has 4 rings (SSSR count). The number of hydrogen-bond donors (Lipinski definition) is 0. The van der Waals surface area contributed by atoms with Crippen LogP contribution in [0.5, 0.6) is 0 Å². The van der Waals surface area contributed by atoms with Crippen molar-refractivity contribution in [2.75, 3.05) is 26.2 Å². The van der Waals surface area contributed by atoms with Crippen molar-refractivity contribution in [3.63, 3.8) is 0 Å². The molecular weight excluding hydrogens is 386 g/mol. The predicted molar refractivity (Wildman–Crippen MR) is 120 cm³/mol. The maximum atomic E-state index is 13.1. The number of carbonyl (C=O) groups is 2. The molecule has 160 valence electrons. The standard InChI is InChI=1S/C26H29N3O2/c1-2-25(30)29(18-23(21-11-8-12-21)20-9-4-3-5-10-20)19-26(31)28-16-14-22(17-28)24-13-6-7-15-27-24/h1,3-7,9-10,13,15,21-23H,8,11-12,14,16-19H2. The minimum absolute atomic E-state index is 0.0357. The number of likely N-dealkylation sites (tertiary alicyclic amines) is 1. The van der Waals surface area contributed by atoms with E-state index in [2.05, 4.69) is 23.0 Å². The molecule has 2 amide bonds. The van der Waals surface area contributed by atoms with Crippen LogP contribution >= 0.6 is 0 Å². The van der Waals surface area contributed by atoms with E-state index in [4.69, 9.17) is 6.42 Å². The molecule has 2 unspecified atom stereocenters. The van der Waals surface area contributed by atoms with Crippen LogP contribution in [0.2, 0.25) is 0 Å². The molecule has 0 radical (unpaired) electrons. The van der Waals surface area contributed by atoms with Crippen LogP contribution < -0.4 is 0 Å². The summed E-state index contributed by atoms with van der Waals surface area (Å²) in [5, 5.41) is 0. The van der Waals surface area contributed by atoms with Gasteiger partial charge in [-0.25, -0.2) is 0 Å². The molecule has 1 saturated heterocycles. The summed E-state index contributed by atoms with van der Waals surface area (Å²) >= 11 is 0. The average molecular weight is 416 g/mol. The lowest BCUT2D eigenvalue weighted by molar-refractivity contribution is -0.137. The lowest BCUT2D eigenvalue weighted by atomic mass is 9.73. The van der Waals surface area contributed by atoms with Crippen molar-refractivity contribution in [3.8, 4) is 12.3 Å². The molecule has 2 aromatic rings. The number of carbonyl (C=O) groups excluding carboxylic acids is 2. The second kappa shape index (κ2) is 9.78. The highest BCUT2D eigenvalue weighted by Crippen LogP contribution is 2.39. The molecule has 1 aliphatic carbocycles. The molecule has 2 fully saturated rings. The summed E-state index contributed by atoms with van der Waals surface area (Å²) in [7, 11) is 0. The van der Waals surface area contributed by atoms with E-state index in [1.165, 1.54) is 12.0 Å². The third kappa shape index (κ3) is 4.96. The van der Waals surface area contributed by atoms with E-state index in [-0.39, 0.29) is 24.3 Å². The predicted octanol–water partition coefficient (Wildman–Crippen LogP) is 3.44. The van der Waals surface area contributed by atoms with Gasteiger partial charge in [0.15, 0.2) is 0 Å². The molecule has 1 aromatic heterocycles. The van der Waals surface area contributed by atoms with Gasteiger partial charge in [-0.3, -0.25) is 14.6 Å². The Morgan fingerprint density at radius 3 is 2.55 bits per heavy atom. The summed E-state index contributed by atoms with van der Waals surface area (Å²) in [6, 6.07) is 16.2. The number of terminal acetylenes is 1. The van der Waals surface area contributed by atoms with Gasteiger partial charge < -0.3 is 9.80 Å². The van der Waals surface area contributed by atoms with Crippen molar-refractivity contribution in [2.45, 2.75) is 37.5 Å². The first kappa shape index (κ1) is 21.1. The lowest BCUT2D eigenvalue weighted by Crippen LogP contribution is -2.44. The highest BCUT2D eigenvalue weighted by Gasteiger charge is 2.33. The molecule has 0 spiro atoms. The summed E-state index contributed by atoms with van der Waals surface area (Å²) in [4.78, 5) is 33.5. The topological polar surface area (TPSA) is 53.5 Å². The third-order valence-corrected chi connectivity index (χ3v) is 6.75. The summed E-state index contributed by atoms with van der Waals surface area (Å²) in [6.07, 6.45) is 11.7. The van der Waals surface area contributed by atoms with Crippen LogP contribution in [0.3, 0.4) is 0 Å². The Morgan fingerprint density at radius 2 is 1.90 bits per heavy atom. The molecule has 5 heteroatoms. The maximum absolute atomic E-state index is 13.1. The number of amides is 2. The summed E-state index contributed by atoms with van der Waals surface area (Å²) in [5.74, 6) is 2.77. The van der Waals surface area contributed by atoms with Gasteiger partial charge in [0, 0.05) is 43.4 Å². The molecule has 1 aliphatic heterocycles. The van der Waals surface area contributed by atoms with E-state index in [1.807, 2.05) is 41.3 Å². The van der Waals surface area contributed by atoms with Gasteiger partial charge in [0.2, 0.25) is 5.91 Å². The molecule has 2 atom stereocenters. The number of nitrogens with zero attached hydrogens (tertiary/aromatic N) is 3. The van der Waals surface area contributed by atoms with Crippen LogP contribution in [0.15, 0.2) is 54.7 Å². The number of hydrogen-bond acceptors (Lipinski definition) is 3.